The van der Waals surface area contributed by atoms with Gasteiger partial charge in [-0.25, -0.2) is 4.98 Å². The van der Waals surface area contributed by atoms with E-state index in [1.54, 1.807) is 29.5 Å². The van der Waals surface area contributed by atoms with Crippen LogP contribution in [0.2, 0.25) is 0 Å². The Morgan fingerprint density at radius 2 is 2.04 bits per heavy atom. The SMILES string of the molecule is O=[N+]([O-])c1ccccc1C#CCN1CCN(c2nccs2)CC1. The van der Waals surface area contributed by atoms with Gasteiger partial charge in [0.15, 0.2) is 5.13 Å². The number of piperazine rings is 1. The lowest BCUT2D eigenvalue weighted by Gasteiger charge is -2.33. The van der Waals surface area contributed by atoms with Crippen LogP contribution in [0, 0.1) is 22.0 Å². The van der Waals surface area contributed by atoms with Crippen LogP contribution in [0.1, 0.15) is 5.56 Å². The molecule has 0 atom stereocenters. The van der Waals surface area contributed by atoms with E-state index in [4.69, 9.17) is 0 Å². The number of hydrogen-bond donors (Lipinski definition) is 0. The van der Waals surface area contributed by atoms with Gasteiger partial charge in [-0.15, -0.1) is 11.3 Å². The average molecular weight is 328 g/mol. The van der Waals surface area contributed by atoms with Gasteiger partial charge in [0.2, 0.25) is 0 Å². The quantitative estimate of drug-likeness (QED) is 0.491. The van der Waals surface area contributed by atoms with Gasteiger partial charge in [0.1, 0.15) is 5.56 Å². The van der Waals surface area contributed by atoms with E-state index in [2.05, 4.69) is 26.6 Å². The Morgan fingerprint density at radius 1 is 1.26 bits per heavy atom. The molecule has 0 spiro atoms. The van der Waals surface area contributed by atoms with Crippen LogP contribution in [0.4, 0.5) is 10.8 Å². The van der Waals surface area contributed by atoms with Gasteiger partial charge >= 0.3 is 0 Å². The zero-order valence-electron chi connectivity index (χ0n) is 12.5. The molecule has 2 aromatic rings. The van der Waals surface area contributed by atoms with E-state index >= 15 is 0 Å². The molecular formula is C16H16N4O2S. The molecule has 0 aliphatic carbocycles. The van der Waals surface area contributed by atoms with Gasteiger partial charge in [0.05, 0.1) is 11.5 Å². The number of hydrogen-bond acceptors (Lipinski definition) is 6. The number of aromatic nitrogens is 1. The molecule has 1 saturated heterocycles. The molecule has 0 saturated carbocycles. The van der Waals surface area contributed by atoms with Crippen LogP contribution in [0.5, 0.6) is 0 Å². The van der Waals surface area contributed by atoms with E-state index < -0.39 is 4.92 Å². The first-order valence-electron chi connectivity index (χ1n) is 7.33. The van der Waals surface area contributed by atoms with Gasteiger partial charge in [0, 0.05) is 43.8 Å². The molecule has 1 aromatic heterocycles. The van der Waals surface area contributed by atoms with Gasteiger partial charge in [-0.3, -0.25) is 15.0 Å². The van der Waals surface area contributed by atoms with Crippen molar-refractivity contribution in [1.82, 2.24) is 9.88 Å². The van der Waals surface area contributed by atoms with Crippen molar-refractivity contribution in [2.75, 3.05) is 37.6 Å². The minimum Gasteiger partial charge on any atom is -0.346 e. The first-order valence-corrected chi connectivity index (χ1v) is 8.21. The fourth-order valence-electron chi connectivity index (χ4n) is 2.45. The Bertz CT molecular complexity index is 728. The first kappa shape index (κ1) is 15.5. The van der Waals surface area contributed by atoms with Crippen molar-refractivity contribution in [3.8, 4) is 11.8 Å². The first-order chi connectivity index (χ1) is 11.2. The number of para-hydroxylation sites is 1. The predicted octanol–water partition coefficient (Wildman–Crippen LogP) is 2.23. The van der Waals surface area contributed by atoms with Crippen molar-refractivity contribution in [2.45, 2.75) is 0 Å². The molecule has 0 unspecified atom stereocenters. The lowest BCUT2D eigenvalue weighted by atomic mass is 10.2. The molecule has 0 radical (unpaired) electrons. The molecule has 0 amide bonds. The summed E-state index contributed by atoms with van der Waals surface area (Å²) in [6.07, 6.45) is 1.82. The summed E-state index contributed by atoms with van der Waals surface area (Å²) in [6.45, 7) is 4.33. The zero-order valence-corrected chi connectivity index (χ0v) is 13.3. The van der Waals surface area contributed by atoms with E-state index in [0.29, 0.717) is 12.1 Å². The number of thiazole rings is 1. The molecule has 0 bridgehead atoms. The van der Waals surface area contributed by atoms with E-state index in [1.807, 2.05) is 11.6 Å². The highest BCUT2D eigenvalue weighted by atomic mass is 32.1. The molecule has 1 aliphatic rings. The molecule has 1 fully saturated rings. The van der Waals surface area contributed by atoms with Gasteiger partial charge < -0.3 is 4.90 Å². The minimum absolute atomic E-state index is 0.0635. The summed E-state index contributed by atoms with van der Waals surface area (Å²) in [6, 6.07) is 6.59. The summed E-state index contributed by atoms with van der Waals surface area (Å²) in [5.41, 5.74) is 0.535. The third-order valence-electron chi connectivity index (χ3n) is 3.69. The van der Waals surface area contributed by atoms with Crippen LogP contribution in [-0.4, -0.2) is 47.5 Å². The standard InChI is InChI=1S/C16H16N4O2S/c21-20(22)15-6-2-1-4-14(15)5-3-8-18-9-11-19(12-10-18)16-17-7-13-23-16/h1-2,4,6-7,13H,8-12H2. The van der Waals surface area contributed by atoms with Crippen molar-refractivity contribution in [2.24, 2.45) is 0 Å². The minimum atomic E-state index is -0.392. The number of benzene rings is 1. The summed E-state index contributed by atoms with van der Waals surface area (Å²) < 4.78 is 0. The molecular weight excluding hydrogens is 312 g/mol. The lowest BCUT2D eigenvalue weighted by molar-refractivity contribution is -0.385. The maximum Gasteiger partial charge on any atom is 0.284 e. The highest BCUT2D eigenvalue weighted by molar-refractivity contribution is 7.13. The van der Waals surface area contributed by atoms with Crippen molar-refractivity contribution < 1.29 is 4.92 Å². The van der Waals surface area contributed by atoms with E-state index in [9.17, 15) is 10.1 Å². The summed E-state index contributed by atoms with van der Waals surface area (Å²) >= 11 is 1.65. The van der Waals surface area contributed by atoms with Crippen molar-refractivity contribution in [1.29, 1.82) is 0 Å². The number of nitro groups is 1. The Morgan fingerprint density at radius 3 is 2.74 bits per heavy atom. The number of rotatable bonds is 3. The normalized spacial score (nSPS) is 15.0. The lowest BCUT2D eigenvalue weighted by Crippen LogP contribution is -2.46. The second-order valence-electron chi connectivity index (χ2n) is 5.15. The van der Waals surface area contributed by atoms with Crippen LogP contribution < -0.4 is 4.90 Å². The summed E-state index contributed by atoms with van der Waals surface area (Å²) in [5, 5.41) is 14.0. The van der Waals surface area contributed by atoms with Gasteiger partial charge in [-0.05, 0) is 6.07 Å². The van der Waals surface area contributed by atoms with Crippen LogP contribution in [0.3, 0.4) is 0 Å². The van der Waals surface area contributed by atoms with E-state index in [1.165, 1.54) is 6.07 Å². The summed E-state index contributed by atoms with van der Waals surface area (Å²) in [5.74, 6) is 5.98. The van der Waals surface area contributed by atoms with E-state index in [-0.39, 0.29) is 5.69 Å². The highest BCUT2D eigenvalue weighted by Gasteiger charge is 2.17. The fraction of sp³-hybridized carbons (Fsp3) is 0.312. The Labute approximate surface area is 138 Å². The third-order valence-corrected chi connectivity index (χ3v) is 4.52. The molecule has 7 heteroatoms. The van der Waals surface area contributed by atoms with Crippen LogP contribution in [0.15, 0.2) is 35.8 Å². The number of anilines is 1. The molecule has 0 N–H and O–H groups in total. The monoisotopic (exact) mass is 328 g/mol. The van der Waals surface area contributed by atoms with Gasteiger partial charge in [-0.1, -0.05) is 24.0 Å². The molecule has 3 rings (SSSR count). The highest BCUT2D eigenvalue weighted by Crippen LogP contribution is 2.19. The fourth-order valence-corrected chi connectivity index (χ4v) is 3.15. The molecule has 23 heavy (non-hydrogen) atoms. The van der Waals surface area contributed by atoms with Crippen LogP contribution in [-0.2, 0) is 0 Å². The average Bonchev–Trinajstić information content (AvgIpc) is 3.10. The van der Waals surface area contributed by atoms with Crippen LogP contribution >= 0.6 is 11.3 Å². The zero-order chi connectivity index (χ0) is 16.1. The summed E-state index contributed by atoms with van der Waals surface area (Å²) in [4.78, 5) is 19.4. The van der Waals surface area contributed by atoms with Crippen LogP contribution in [0.25, 0.3) is 0 Å². The molecule has 118 valence electrons. The summed E-state index contributed by atoms with van der Waals surface area (Å²) in [7, 11) is 0. The Kier molecular flexibility index (Phi) is 4.86. The molecule has 2 heterocycles. The largest absolute Gasteiger partial charge is 0.346 e. The second-order valence-corrected chi connectivity index (χ2v) is 6.03. The molecule has 6 nitrogen and oxygen atoms in total. The van der Waals surface area contributed by atoms with Crippen molar-refractivity contribution in [3.63, 3.8) is 0 Å². The second kappa shape index (κ2) is 7.22. The maximum absolute atomic E-state index is 11.0. The number of nitrogens with zero attached hydrogens (tertiary/aromatic N) is 4. The van der Waals surface area contributed by atoms with Gasteiger partial charge in [-0.2, -0.15) is 0 Å². The molecule has 1 aromatic carbocycles. The Hall–Kier alpha value is -2.43. The predicted molar refractivity (Wildman–Crippen MR) is 90.7 cm³/mol. The van der Waals surface area contributed by atoms with E-state index in [0.717, 1.165) is 31.3 Å². The van der Waals surface area contributed by atoms with Crippen molar-refractivity contribution >= 4 is 22.2 Å². The topological polar surface area (TPSA) is 62.5 Å². The maximum atomic E-state index is 11.0. The Balaban J connectivity index is 1.56. The number of nitro benzene ring substituents is 1. The van der Waals surface area contributed by atoms with Gasteiger partial charge in [0.25, 0.3) is 5.69 Å². The molecule has 1 aliphatic heterocycles. The smallest absolute Gasteiger partial charge is 0.284 e. The van der Waals surface area contributed by atoms with Crippen molar-refractivity contribution in [3.05, 3.63) is 51.5 Å². The third kappa shape index (κ3) is 3.86.